The highest BCUT2D eigenvalue weighted by Crippen LogP contribution is 2.28. The number of hydrogen-bond acceptors (Lipinski definition) is 2. The number of benzene rings is 2. The van der Waals surface area contributed by atoms with E-state index in [9.17, 15) is 4.79 Å². The van der Waals surface area contributed by atoms with Gasteiger partial charge in [0.15, 0.2) is 0 Å². The van der Waals surface area contributed by atoms with Crippen LogP contribution in [0.2, 0.25) is 0 Å². The molecular weight excluding hydrogens is 368 g/mol. The van der Waals surface area contributed by atoms with Crippen LogP contribution in [0, 0.1) is 5.92 Å². The lowest BCUT2D eigenvalue weighted by Gasteiger charge is -2.23. The average molecular weight is 401 g/mol. The monoisotopic (exact) mass is 400 g/mol. The van der Waals surface area contributed by atoms with Crippen molar-refractivity contribution in [2.75, 3.05) is 19.6 Å². The van der Waals surface area contributed by atoms with Crippen molar-refractivity contribution in [2.24, 2.45) is 5.92 Å². The van der Waals surface area contributed by atoms with Crippen LogP contribution in [0.25, 0.3) is 0 Å². The summed E-state index contributed by atoms with van der Waals surface area (Å²) in [6.45, 7) is 5.10. The van der Waals surface area contributed by atoms with Crippen molar-refractivity contribution < 1.29 is 4.79 Å². The minimum atomic E-state index is -0.0895. The molecule has 0 radical (unpaired) electrons. The van der Waals surface area contributed by atoms with Gasteiger partial charge in [-0.3, -0.25) is 4.79 Å². The highest BCUT2D eigenvalue weighted by atomic mass is 16.1. The lowest BCUT2D eigenvalue weighted by Crippen LogP contribution is -2.40. The largest absolute Gasteiger partial charge is 0.351 e. The molecule has 4 rings (SSSR count). The maximum absolute atomic E-state index is 12.7. The molecule has 0 bridgehead atoms. The Morgan fingerprint density at radius 1 is 1.07 bits per heavy atom. The van der Waals surface area contributed by atoms with Crippen LogP contribution in [0.3, 0.4) is 0 Å². The third-order valence-electron chi connectivity index (χ3n) is 6.43. The second kappa shape index (κ2) is 9.90. The molecule has 30 heavy (non-hydrogen) atoms. The van der Waals surface area contributed by atoms with Gasteiger partial charge in [-0.1, -0.05) is 84.5 Å². The molecule has 2 aliphatic rings. The van der Waals surface area contributed by atoms with Crippen molar-refractivity contribution in [1.82, 2.24) is 10.2 Å². The molecule has 3 nitrogen and oxygen atoms in total. The average Bonchev–Trinajstić information content (AvgIpc) is 3.23. The Balaban J connectivity index is 1.33. The Morgan fingerprint density at radius 2 is 1.73 bits per heavy atom. The molecule has 2 unspecified atom stereocenters. The van der Waals surface area contributed by atoms with E-state index in [1.807, 2.05) is 6.08 Å². The molecule has 1 amide bonds. The molecular formula is C27H32N2O. The van der Waals surface area contributed by atoms with E-state index < -0.39 is 0 Å². The maximum atomic E-state index is 12.7. The summed E-state index contributed by atoms with van der Waals surface area (Å²) < 4.78 is 0. The van der Waals surface area contributed by atoms with Gasteiger partial charge in [0.25, 0.3) is 0 Å². The van der Waals surface area contributed by atoms with Crippen molar-refractivity contribution in [3.05, 3.63) is 95.6 Å². The minimum Gasteiger partial charge on any atom is -0.351 e. The first-order chi connectivity index (χ1) is 14.7. The lowest BCUT2D eigenvalue weighted by molar-refractivity contribution is -0.123. The van der Waals surface area contributed by atoms with Gasteiger partial charge in [0, 0.05) is 25.0 Å². The highest BCUT2D eigenvalue weighted by molar-refractivity contribution is 5.83. The summed E-state index contributed by atoms with van der Waals surface area (Å²) in [7, 11) is 0. The molecule has 0 aromatic heterocycles. The SMILES string of the molecule is CC1=CCC=CC1C(=O)NC1CCN(CCC(c2ccccc2)c2ccccc2)C1. The van der Waals surface area contributed by atoms with Gasteiger partial charge in [0.2, 0.25) is 5.91 Å². The molecule has 0 saturated carbocycles. The van der Waals surface area contributed by atoms with Crippen molar-refractivity contribution in [3.63, 3.8) is 0 Å². The second-order valence-electron chi connectivity index (χ2n) is 8.55. The van der Waals surface area contributed by atoms with E-state index in [2.05, 4.69) is 90.0 Å². The van der Waals surface area contributed by atoms with Crippen LogP contribution in [0.5, 0.6) is 0 Å². The van der Waals surface area contributed by atoms with Gasteiger partial charge in [-0.15, -0.1) is 0 Å². The molecule has 1 N–H and O–H groups in total. The van der Waals surface area contributed by atoms with Crippen LogP contribution < -0.4 is 5.32 Å². The van der Waals surface area contributed by atoms with Gasteiger partial charge < -0.3 is 10.2 Å². The zero-order valence-corrected chi connectivity index (χ0v) is 17.8. The Hall–Kier alpha value is -2.65. The minimum absolute atomic E-state index is 0.0895. The normalized spacial score (nSPS) is 21.6. The molecule has 1 saturated heterocycles. The lowest BCUT2D eigenvalue weighted by atomic mass is 9.88. The first kappa shape index (κ1) is 20.6. The molecule has 2 atom stereocenters. The fourth-order valence-corrected chi connectivity index (χ4v) is 4.69. The van der Waals surface area contributed by atoms with Crippen LogP contribution in [-0.4, -0.2) is 36.5 Å². The van der Waals surface area contributed by atoms with Crippen molar-refractivity contribution in [3.8, 4) is 0 Å². The van der Waals surface area contributed by atoms with E-state index in [1.165, 1.54) is 16.7 Å². The van der Waals surface area contributed by atoms with Crippen LogP contribution in [0.1, 0.15) is 43.2 Å². The summed E-state index contributed by atoms with van der Waals surface area (Å²) in [5.41, 5.74) is 3.91. The molecule has 1 heterocycles. The third-order valence-corrected chi connectivity index (χ3v) is 6.43. The van der Waals surface area contributed by atoms with E-state index in [0.717, 1.165) is 38.9 Å². The van der Waals surface area contributed by atoms with E-state index in [4.69, 9.17) is 0 Å². The molecule has 2 aromatic carbocycles. The van der Waals surface area contributed by atoms with Crippen LogP contribution >= 0.6 is 0 Å². The number of rotatable bonds is 7. The zero-order valence-electron chi connectivity index (χ0n) is 17.8. The maximum Gasteiger partial charge on any atom is 0.231 e. The molecule has 1 aliphatic heterocycles. The first-order valence-corrected chi connectivity index (χ1v) is 11.2. The van der Waals surface area contributed by atoms with Crippen LogP contribution in [0.15, 0.2) is 84.5 Å². The molecule has 0 spiro atoms. The van der Waals surface area contributed by atoms with E-state index in [-0.39, 0.29) is 17.9 Å². The van der Waals surface area contributed by atoms with E-state index >= 15 is 0 Å². The fraction of sp³-hybridized carbons (Fsp3) is 0.370. The number of carbonyl (C=O) groups is 1. The molecule has 1 fully saturated rings. The van der Waals surface area contributed by atoms with E-state index in [0.29, 0.717) is 5.92 Å². The van der Waals surface area contributed by atoms with Crippen molar-refractivity contribution in [1.29, 1.82) is 0 Å². The van der Waals surface area contributed by atoms with Gasteiger partial charge in [-0.2, -0.15) is 0 Å². The van der Waals surface area contributed by atoms with Gasteiger partial charge in [0.05, 0.1) is 5.92 Å². The fourth-order valence-electron chi connectivity index (χ4n) is 4.69. The number of nitrogens with zero attached hydrogens (tertiary/aromatic N) is 1. The molecule has 2 aromatic rings. The summed E-state index contributed by atoms with van der Waals surface area (Å²) in [6.07, 6.45) is 9.34. The van der Waals surface area contributed by atoms with Crippen molar-refractivity contribution >= 4 is 5.91 Å². The zero-order chi connectivity index (χ0) is 20.8. The number of amides is 1. The van der Waals surface area contributed by atoms with Crippen LogP contribution in [-0.2, 0) is 4.79 Å². The van der Waals surface area contributed by atoms with Gasteiger partial charge in [-0.25, -0.2) is 0 Å². The predicted octanol–water partition coefficient (Wildman–Crippen LogP) is 4.92. The number of likely N-dealkylation sites (tertiary alicyclic amines) is 1. The van der Waals surface area contributed by atoms with Crippen LogP contribution in [0.4, 0.5) is 0 Å². The van der Waals surface area contributed by atoms with Crippen molar-refractivity contribution in [2.45, 2.75) is 38.1 Å². The second-order valence-corrected chi connectivity index (χ2v) is 8.55. The number of nitrogens with one attached hydrogen (secondary N) is 1. The molecule has 1 aliphatic carbocycles. The van der Waals surface area contributed by atoms with Gasteiger partial charge in [-0.05, 0) is 43.9 Å². The first-order valence-electron chi connectivity index (χ1n) is 11.2. The summed E-state index contributed by atoms with van der Waals surface area (Å²) in [5.74, 6) is 0.465. The Bertz CT molecular complexity index is 848. The predicted molar refractivity (Wildman–Crippen MR) is 123 cm³/mol. The Morgan fingerprint density at radius 3 is 2.37 bits per heavy atom. The molecule has 156 valence electrons. The third kappa shape index (κ3) is 5.09. The highest BCUT2D eigenvalue weighted by Gasteiger charge is 2.27. The number of hydrogen-bond donors (Lipinski definition) is 1. The summed E-state index contributed by atoms with van der Waals surface area (Å²) in [4.78, 5) is 15.2. The Labute approximate surface area is 180 Å². The molecule has 3 heteroatoms. The number of allylic oxidation sites excluding steroid dienone is 2. The Kier molecular flexibility index (Phi) is 6.81. The standard InChI is InChI=1S/C27H32N2O/c1-21-10-8-9-15-25(21)27(30)28-24-16-18-29(20-24)19-17-26(22-11-4-2-5-12-22)23-13-6-3-7-14-23/h2-7,9-15,24-26H,8,16-20H2,1H3,(H,28,30). The van der Waals surface area contributed by atoms with Gasteiger partial charge >= 0.3 is 0 Å². The summed E-state index contributed by atoms with van der Waals surface area (Å²) in [6, 6.07) is 21.9. The quantitative estimate of drug-likeness (QED) is 0.669. The summed E-state index contributed by atoms with van der Waals surface area (Å²) >= 11 is 0. The number of carbonyl (C=O) groups excluding carboxylic acids is 1. The topological polar surface area (TPSA) is 32.3 Å². The smallest absolute Gasteiger partial charge is 0.231 e. The van der Waals surface area contributed by atoms with E-state index in [1.54, 1.807) is 0 Å². The summed E-state index contributed by atoms with van der Waals surface area (Å²) in [5, 5.41) is 3.29. The van der Waals surface area contributed by atoms with Gasteiger partial charge in [0.1, 0.15) is 0 Å².